The Balaban J connectivity index is 1.88. The highest BCUT2D eigenvalue weighted by atomic mass is 79.9. The number of anilines is 2. The lowest BCUT2D eigenvalue weighted by Gasteiger charge is -2.36. The highest BCUT2D eigenvalue weighted by molar-refractivity contribution is 9.10. The first kappa shape index (κ1) is 21.2. The molecular weight excluding hydrogens is 484 g/mol. The predicted molar refractivity (Wildman–Crippen MR) is 121 cm³/mol. The number of benzene rings is 3. The molecule has 0 radical (unpaired) electrons. The number of carbonyl (C=O) groups is 1. The molecule has 9 heteroatoms. The van der Waals surface area contributed by atoms with Crippen molar-refractivity contribution in [2.45, 2.75) is 11.4 Å². The molecule has 0 N–H and O–H groups in total. The van der Waals surface area contributed by atoms with E-state index in [4.69, 9.17) is 9.47 Å². The van der Waals surface area contributed by atoms with Gasteiger partial charge in [-0.25, -0.2) is 13.2 Å². The Kier molecular flexibility index (Phi) is 5.63. The predicted octanol–water partition coefficient (Wildman–Crippen LogP) is 4.80. The quantitative estimate of drug-likeness (QED) is 0.500. The largest absolute Gasteiger partial charge is 0.497 e. The van der Waals surface area contributed by atoms with Crippen molar-refractivity contribution in [3.63, 3.8) is 0 Å². The Labute approximate surface area is 189 Å². The van der Waals surface area contributed by atoms with Gasteiger partial charge < -0.3 is 9.47 Å². The van der Waals surface area contributed by atoms with Crippen LogP contribution in [-0.2, 0) is 16.6 Å². The third-order valence-electron chi connectivity index (χ3n) is 4.88. The van der Waals surface area contributed by atoms with E-state index in [-0.39, 0.29) is 17.1 Å². The van der Waals surface area contributed by atoms with Crippen LogP contribution in [0.2, 0.25) is 0 Å². The first-order chi connectivity index (χ1) is 14.8. The standard InChI is InChI=1S/C22H19BrN2O5S/c1-29-18-11-17(12-19(13-18)30-2)25-22(26)24(14-15-6-5-7-16(23)10-15)20-8-3-4-9-21(20)31(25,27)28/h3-13H,14H2,1-2H3. The SMILES string of the molecule is COc1cc(OC)cc(N2C(=O)N(Cc3cccc(Br)c3)c3ccccc3S2(=O)=O)c1. The Hall–Kier alpha value is -3.04. The maximum atomic E-state index is 13.6. The number of para-hydroxylation sites is 1. The maximum absolute atomic E-state index is 13.6. The Morgan fingerprint density at radius 3 is 2.23 bits per heavy atom. The third kappa shape index (κ3) is 3.86. The van der Waals surface area contributed by atoms with Crippen molar-refractivity contribution in [2.75, 3.05) is 23.4 Å². The molecule has 0 bridgehead atoms. The van der Waals surface area contributed by atoms with Crippen LogP contribution in [0.5, 0.6) is 11.5 Å². The highest BCUT2D eigenvalue weighted by Gasteiger charge is 2.42. The van der Waals surface area contributed by atoms with Gasteiger partial charge in [-0.05, 0) is 29.8 Å². The van der Waals surface area contributed by atoms with E-state index in [1.807, 2.05) is 24.3 Å². The van der Waals surface area contributed by atoms with Gasteiger partial charge in [0.05, 0.1) is 32.1 Å². The zero-order chi connectivity index (χ0) is 22.2. The number of nitrogens with zero attached hydrogens (tertiary/aromatic N) is 2. The molecule has 0 spiro atoms. The van der Waals surface area contributed by atoms with Gasteiger partial charge in [0.2, 0.25) is 0 Å². The second-order valence-corrected chi connectivity index (χ2v) is 9.48. The zero-order valence-corrected chi connectivity index (χ0v) is 19.2. The van der Waals surface area contributed by atoms with Crippen LogP contribution in [-0.4, -0.2) is 28.7 Å². The maximum Gasteiger partial charge on any atom is 0.343 e. The zero-order valence-electron chi connectivity index (χ0n) is 16.8. The molecule has 4 rings (SSSR count). The van der Waals surface area contributed by atoms with Crippen LogP contribution >= 0.6 is 15.9 Å². The molecule has 0 saturated heterocycles. The van der Waals surface area contributed by atoms with Crippen LogP contribution in [0.1, 0.15) is 5.56 Å². The van der Waals surface area contributed by atoms with Crippen molar-refractivity contribution < 1.29 is 22.7 Å². The number of hydrogen-bond acceptors (Lipinski definition) is 5. The van der Waals surface area contributed by atoms with Gasteiger partial charge in [-0.3, -0.25) is 4.90 Å². The minimum Gasteiger partial charge on any atom is -0.497 e. The summed E-state index contributed by atoms with van der Waals surface area (Å²) in [4.78, 5) is 15.1. The fourth-order valence-corrected chi connectivity index (χ4v) is 5.47. The molecule has 0 atom stereocenters. The van der Waals surface area contributed by atoms with Gasteiger partial charge in [-0.2, -0.15) is 4.31 Å². The van der Waals surface area contributed by atoms with Gasteiger partial charge in [0, 0.05) is 22.7 Å². The van der Waals surface area contributed by atoms with E-state index in [9.17, 15) is 13.2 Å². The first-order valence-corrected chi connectivity index (χ1v) is 11.5. The lowest BCUT2D eigenvalue weighted by molar-refractivity contribution is 0.253. The number of fused-ring (bicyclic) bond motifs is 1. The number of halogens is 1. The van der Waals surface area contributed by atoms with E-state index in [1.165, 1.54) is 37.3 Å². The average molecular weight is 503 g/mol. The number of methoxy groups -OCH3 is 2. The molecule has 0 aromatic heterocycles. The Morgan fingerprint density at radius 1 is 0.903 bits per heavy atom. The molecule has 3 aromatic carbocycles. The van der Waals surface area contributed by atoms with Gasteiger partial charge in [-0.15, -0.1) is 0 Å². The van der Waals surface area contributed by atoms with Crippen LogP contribution in [0.4, 0.5) is 16.2 Å². The van der Waals surface area contributed by atoms with Gasteiger partial charge in [0.25, 0.3) is 10.0 Å². The van der Waals surface area contributed by atoms with Crippen LogP contribution in [0.15, 0.2) is 76.1 Å². The molecule has 160 valence electrons. The minimum atomic E-state index is -4.15. The van der Waals surface area contributed by atoms with Crippen molar-refractivity contribution >= 4 is 43.4 Å². The number of hydrogen-bond donors (Lipinski definition) is 0. The third-order valence-corrected chi connectivity index (χ3v) is 7.12. The summed E-state index contributed by atoms with van der Waals surface area (Å²) in [5, 5.41) is 0. The summed E-state index contributed by atoms with van der Waals surface area (Å²) in [6, 6.07) is 17.9. The van der Waals surface area contributed by atoms with Gasteiger partial charge in [0.15, 0.2) is 0 Å². The molecule has 0 fully saturated rings. The number of sulfonamides is 1. The lowest BCUT2D eigenvalue weighted by atomic mass is 10.2. The first-order valence-electron chi connectivity index (χ1n) is 9.28. The molecule has 31 heavy (non-hydrogen) atoms. The number of rotatable bonds is 5. The Morgan fingerprint density at radius 2 is 1.58 bits per heavy atom. The minimum absolute atomic E-state index is 0.0476. The number of amides is 2. The number of urea groups is 1. The topological polar surface area (TPSA) is 76.2 Å². The second-order valence-electron chi connectivity index (χ2n) is 6.81. The molecule has 1 aliphatic rings. The van der Waals surface area contributed by atoms with Crippen molar-refractivity contribution in [1.29, 1.82) is 0 Å². The molecule has 7 nitrogen and oxygen atoms in total. The van der Waals surface area contributed by atoms with E-state index >= 15 is 0 Å². The molecule has 0 saturated carbocycles. The van der Waals surface area contributed by atoms with E-state index in [2.05, 4.69) is 15.9 Å². The normalized spacial score (nSPS) is 14.9. The van der Waals surface area contributed by atoms with Crippen molar-refractivity contribution in [2.24, 2.45) is 0 Å². The van der Waals surface area contributed by atoms with Crippen LogP contribution in [0.3, 0.4) is 0 Å². The van der Waals surface area contributed by atoms with E-state index < -0.39 is 16.1 Å². The van der Waals surface area contributed by atoms with Gasteiger partial charge in [0.1, 0.15) is 16.4 Å². The lowest BCUT2D eigenvalue weighted by Crippen LogP contribution is -2.50. The van der Waals surface area contributed by atoms with Crippen LogP contribution in [0, 0.1) is 0 Å². The van der Waals surface area contributed by atoms with E-state index in [0.29, 0.717) is 17.2 Å². The van der Waals surface area contributed by atoms with Crippen LogP contribution in [0.25, 0.3) is 0 Å². The molecule has 1 heterocycles. The van der Waals surface area contributed by atoms with Gasteiger partial charge >= 0.3 is 6.03 Å². The molecule has 0 aliphatic carbocycles. The Bertz CT molecular complexity index is 1240. The summed E-state index contributed by atoms with van der Waals surface area (Å²) in [6.07, 6.45) is 0. The summed E-state index contributed by atoms with van der Waals surface area (Å²) >= 11 is 3.43. The average Bonchev–Trinajstić information content (AvgIpc) is 2.76. The van der Waals surface area contributed by atoms with E-state index in [0.717, 1.165) is 14.3 Å². The molecule has 1 aliphatic heterocycles. The molecule has 2 amide bonds. The number of carbonyl (C=O) groups excluding carboxylic acids is 1. The summed E-state index contributed by atoms with van der Waals surface area (Å²) < 4.78 is 39.1. The fourth-order valence-electron chi connectivity index (χ4n) is 3.44. The second kappa shape index (κ2) is 8.24. The van der Waals surface area contributed by atoms with Crippen molar-refractivity contribution in [3.8, 4) is 11.5 Å². The summed E-state index contributed by atoms with van der Waals surface area (Å²) in [6.45, 7) is 0.197. The summed E-state index contributed by atoms with van der Waals surface area (Å²) in [5.74, 6) is 0.740. The molecule has 3 aromatic rings. The molecule has 0 unspecified atom stereocenters. The van der Waals surface area contributed by atoms with Crippen molar-refractivity contribution in [3.05, 3.63) is 76.8 Å². The summed E-state index contributed by atoms with van der Waals surface area (Å²) in [7, 11) is -1.23. The highest BCUT2D eigenvalue weighted by Crippen LogP contribution is 2.40. The van der Waals surface area contributed by atoms with Gasteiger partial charge in [-0.1, -0.05) is 40.2 Å². The smallest absolute Gasteiger partial charge is 0.343 e. The number of ether oxygens (including phenoxy) is 2. The summed E-state index contributed by atoms with van der Waals surface area (Å²) in [5.41, 5.74) is 1.31. The monoisotopic (exact) mass is 502 g/mol. The molecular formula is C22H19BrN2O5S. The van der Waals surface area contributed by atoms with Crippen LogP contribution < -0.4 is 18.7 Å². The van der Waals surface area contributed by atoms with E-state index in [1.54, 1.807) is 24.3 Å². The fraction of sp³-hybridized carbons (Fsp3) is 0.136. The van der Waals surface area contributed by atoms with Crippen molar-refractivity contribution in [1.82, 2.24) is 0 Å².